The van der Waals surface area contributed by atoms with E-state index >= 15 is 0 Å². The number of aliphatic hydroxyl groups excluding tert-OH is 1. The quantitative estimate of drug-likeness (QED) is 0.712. The third kappa shape index (κ3) is 3.11. The molecule has 156 valence electrons. The number of amides is 2. The van der Waals surface area contributed by atoms with Gasteiger partial charge in [-0.05, 0) is 42.0 Å². The smallest absolute Gasteiger partial charge is 0.258 e. The molecule has 5 rings (SSSR count). The second kappa shape index (κ2) is 7.63. The first-order valence-electron chi connectivity index (χ1n) is 10.2. The van der Waals surface area contributed by atoms with Gasteiger partial charge in [-0.15, -0.1) is 0 Å². The topological polar surface area (TPSA) is 60.9 Å². The van der Waals surface area contributed by atoms with Gasteiger partial charge < -0.3 is 14.9 Å². The summed E-state index contributed by atoms with van der Waals surface area (Å²) in [5.41, 5.74) is 2.53. The summed E-state index contributed by atoms with van der Waals surface area (Å²) in [6.45, 7) is 0.107. The highest BCUT2D eigenvalue weighted by Crippen LogP contribution is 2.48. The minimum Gasteiger partial charge on any atom is -0.394 e. The molecule has 3 aromatic rings. The van der Waals surface area contributed by atoms with Crippen LogP contribution in [0.5, 0.6) is 0 Å². The third-order valence-corrected chi connectivity index (χ3v) is 6.26. The molecular formula is C25H21FN2O3. The fraction of sp³-hybridized carbons (Fsp3) is 0.200. The minimum absolute atomic E-state index is 0.0847. The van der Waals surface area contributed by atoms with E-state index in [4.69, 9.17) is 0 Å². The lowest BCUT2D eigenvalue weighted by atomic mass is 9.71. The van der Waals surface area contributed by atoms with E-state index < -0.39 is 11.9 Å². The number of hydrogen-bond acceptors (Lipinski definition) is 3. The van der Waals surface area contributed by atoms with E-state index in [0.29, 0.717) is 12.1 Å². The zero-order valence-corrected chi connectivity index (χ0v) is 16.7. The molecule has 0 saturated carbocycles. The van der Waals surface area contributed by atoms with Crippen molar-refractivity contribution in [1.29, 1.82) is 0 Å². The summed E-state index contributed by atoms with van der Waals surface area (Å²) in [6, 6.07) is 21.5. The van der Waals surface area contributed by atoms with Crippen molar-refractivity contribution in [3.8, 4) is 0 Å². The highest BCUT2D eigenvalue weighted by molar-refractivity contribution is 6.07. The zero-order valence-electron chi connectivity index (χ0n) is 16.7. The van der Waals surface area contributed by atoms with Crippen LogP contribution in [0.1, 0.15) is 32.2 Å². The van der Waals surface area contributed by atoms with Gasteiger partial charge in [-0.25, -0.2) is 4.39 Å². The van der Waals surface area contributed by atoms with Gasteiger partial charge in [-0.3, -0.25) is 9.59 Å². The van der Waals surface area contributed by atoms with Gasteiger partial charge in [0.15, 0.2) is 0 Å². The Morgan fingerprint density at radius 2 is 1.61 bits per heavy atom. The fourth-order valence-corrected chi connectivity index (χ4v) is 4.87. The van der Waals surface area contributed by atoms with Gasteiger partial charge in [-0.2, -0.15) is 0 Å². The Bertz CT molecular complexity index is 1150. The lowest BCUT2D eigenvalue weighted by Gasteiger charge is -2.58. The molecule has 2 aliphatic rings. The predicted molar refractivity (Wildman–Crippen MR) is 115 cm³/mol. The van der Waals surface area contributed by atoms with E-state index in [0.717, 1.165) is 11.3 Å². The van der Waals surface area contributed by atoms with E-state index in [-0.39, 0.29) is 35.9 Å². The van der Waals surface area contributed by atoms with Crippen LogP contribution < -0.4 is 4.90 Å². The van der Waals surface area contributed by atoms with E-state index in [1.807, 2.05) is 42.5 Å². The van der Waals surface area contributed by atoms with Crippen molar-refractivity contribution in [3.05, 3.63) is 101 Å². The summed E-state index contributed by atoms with van der Waals surface area (Å²) in [7, 11) is 0. The monoisotopic (exact) mass is 416 g/mol. The van der Waals surface area contributed by atoms with Crippen molar-refractivity contribution >= 4 is 17.5 Å². The number of benzene rings is 3. The number of carbonyl (C=O) groups excluding carboxylic acids is 2. The molecule has 2 aliphatic heterocycles. The van der Waals surface area contributed by atoms with E-state index in [9.17, 15) is 19.1 Å². The largest absolute Gasteiger partial charge is 0.394 e. The molecule has 31 heavy (non-hydrogen) atoms. The van der Waals surface area contributed by atoms with Crippen molar-refractivity contribution in [3.63, 3.8) is 0 Å². The molecule has 0 bridgehead atoms. The van der Waals surface area contributed by atoms with Crippen LogP contribution in [0.4, 0.5) is 10.1 Å². The van der Waals surface area contributed by atoms with Crippen molar-refractivity contribution < 1.29 is 19.1 Å². The minimum atomic E-state index is -0.488. The lowest BCUT2D eigenvalue weighted by Crippen LogP contribution is -2.70. The van der Waals surface area contributed by atoms with Crippen LogP contribution in [-0.4, -0.2) is 47.1 Å². The molecule has 3 atom stereocenters. The van der Waals surface area contributed by atoms with Crippen molar-refractivity contribution in [1.82, 2.24) is 4.90 Å². The van der Waals surface area contributed by atoms with Crippen molar-refractivity contribution in [2.45, 2.75) is 18.0 Å². The van der Waals surface area contributed by atoms with Crippen LogP contribution in [0.15, 0.2) is 78.9 Å². The number of rotatable bonds is 3. The number of anilines is 1. The van der Waals surface area contributed by atoms with Crippen LogP contribution in [0, 0.1) is 5.82 Å². The second-order valence-electron chi connectivity index (χ2n) is 7.91. The number of halogens is 1. The molecular weight excluding hydrogens is 395 g/mol. The zero-order chi connectivity index (χ0) is 21.5. The maximum Gasteiger partial charge on any atom is 0.258 e. The van der Waals surface area contributed by atoms with Gasteiger partial charge in [-0.1, -0.05) is 42.5 Å². The molecule has 2 heterocycles. The molecule has 0 unspecified atom stereocenters. The number of hydrogen-bond donors (Lipinski definition) is 1. The fourth-order valence-electron chi connectivity index (χ4n) is 4.87. The molecule has 0 aromatic heterocycles. The molecule has 1 saturated heterocycles. The molecule has 6 heteroatoms. The predicted octanol–water partition coefficient (Wildman–Crippen LogP) is 3.46. The highest BCUT2D eigenvalue weighted by Gasteiger charge is 2.55. The Hall–Kier alpha value is -3.51. The third-order valence-electron chi connectivity index (χ3n) is 6.26. The maximum absolute atomic E-state index is 13.7. The summed E-state index contributed by atoms with van der Waals surface area (Å²) in [6.07, 6.45) is 0. The van der Waals surface area contributed by atoms with Crippen LogP contribution in [0.3, 0.4) is 0 Å². The Balaban J connectivity index is 1.53. The highest BCUT2D eigenvalue weighted by atomic mass is 19.1. The lowest BCUT2D eigenvalue weighted by molar-refractivity contribution is -0.0246. The molecule has 0 spiro atoms. The van der Waals surface area contributed by atoms with Crippen molar-refractivity contribution in [2.24, 2.45) is 0 Å². The Kier molecular flexibility index (Phi) is 4.79. The van der Waals surface area contributed by atoms with Crippen molar-refractivity contribution in [2.75, 3.05) is 18.1 Å². The van der Waals surface area contributed by atoms with Gasteiger partial charge in [0.2, 0.25) is 0 Å². The number of aliphatic hydroxyl groups is 1. The summed E-state index contributed by atoms with van der Waals surface area (Å²) >= 11 is 0. The summed E-state index contributed by atoms with van der Waals surface area (Å²) in [4.78, 5) is 29.8. The normalized spacial score (nSPS) is 21.7. The Labute approximate surface area is 179 Å². The molecule has 0 aliphatic carbocycles. The number of para-hydroxylation sites is 1. The first-order chi connectivity index (χ1) is 15.1. The summed E-state index contributed by atoms with van der Waals surface area (Å²) < 4.78 is 13.7. The molecule has 0 radical (unpaired) electrons. The molecule has 1 fully saturated rings. The van der Waals surface area contributed by atoms with Gasteiger partial charge in [0.1, 0.15) is 5.82 Å². The summed E-state index contributed by atoms with van der Waals surface area (Å²) in [5.74, 6) is -1.06. The molecule has 3 aromatic carbocycles. The van der Waals surface area contributed by atoms with Crippen LogP contribution in [0.2, 0.25) is 0 Å². The van der Waals surface area contributed by atoms with E-state index in [1.165, 1.54) is 18.2 Å². The van der Waals surface area contributed by atoms with Gasteiger partial charge >= 0.3 is 0 Å². The Morgan fingerprint density at radius 1 is 0.903 bits per heavy atom. The average molecular weight is 416 g/mol. The number of fused-ring (bicyclic) bond motifs is 3. The van der Waals surface area contributed by atoms with Gasteiger partial charge in [0.25, 0.3) is 11.8 Å². The molecule has 2 amide bonds. The molecule has 5 nitrogen and oxygen atoms in total. The summed E-state index contributed by atoms with van der Waals surface area (Å²) in [5, 5.41) is 10.1. The first-order valence-corrected chi connectivity index (χ1v) is 10.2. The maximum atomic E-state index is 13.7. The standard InChI is InChI=1S/C25H21FN2O3/c26-18-10-6-9-17(13-18)25(31)28-21-14-27(24(30)16-7-2-1-3-8-16)20-12-5-4-11-19(20)23(21)22(28)15-29/h1-13,21-23,29H,14-15H2/t21-,22-,23+/m1/s1. The SMILES string of the molecule is O=C(c1ccccc1)N1C[C@@H]2[C@H](c3ccccc31)[C@@H](CO)N2C(=O)c1cccc(F)c1. The number of carbonyl (C=O) groups is 2. The first kappa shape index (κ1) is 19.5. The Morgan fingerprint density at radius 3 is 2.35 bits per heavy atom. The van der Waals surface area contributed by atoms with Crippen LogP contribution in [0.25, 0.3) is 0 Å². The number of nitrogens with zero attached hydrogens (tertiary/aromatic N) is 2. The second-order valence-corrected chi connectivity index (χ2v) is 7.91. The van der Waals surface area contributed by atoms with E-state index in [1.54, 1.807) is 28.0 Å². The van der Waals surface area contributed by atoms with E-state index in [2.05, 4.69) is 0 Å². The van der Waals surface area contributed by atoms with Crippen LogP contribution in [-0.2, 0) is 0 Å². The number of likely N-dealkylation sites (tertiary alicyclic amines) is 1. The van der Waals surface area contributed by atoms with Gasteiger partial charge in [0, 0.05) is 29.3 Å². The van der Waals surface area contributed by atoms with Crippen LogP contribution >= 0.6 is 0 Å². The molecule has 1 N–H and O–H groups in total. The average Bonchev–Trinajstić information content (AvgIpc) is 2.79. The van der Waals surface area contributed by atoms with Gasteiger partial charge in [0.05, 0.1) is 18.7 Å².